The summed E-state index contributed by atoms with van der Waals surface area (Å²) in [6, 6.07) is 9.95. The van der Waals surface area contributed by atoms with Crippen molar-refractivity contribution in [1.82, 2.24) is 9.80 Å². The number of nitrogens with zero attached hydrogens (tertiary/aromatic N) is 2. The number of ether oxygens (including phenoxy) is 4. The SMILES string of the molecule is CCCCN(CCCC)CCCOc1ccc(C2CC(=O)c3c(OC)cc(OCCCN(CCCC)CCCC)c(CC=C(C)C)c3O2)cc1. The lowest BCUT2D eigenvalue weighted by atomic mass is 9.92. The molecule has 0 spiro atoms. The van der Waals surface area contributed by atoms with Crippen molar-refractivity contribution < 1.29 is 23.7 Å². The molecule has 0 radical (unpaired) electrons. The lowest BCUT2D eigenvalue weighted by Gasteiger charge is -2.30. The fourth-order valence-corrected chi connectivity index (χ4v) is 6.40. The summed E-state index contributed by atoms with van der Waals surface area (Å²) in [6.07, 6.45) is 14.4. The number of benzene rings is 2. The van der Waals surface area contributed by atoms with Crippen molar-refractivity contribution in [3.8, 4) is 23.0 Å². The van der Waals surface area contributed by atoms with Crippen LogP contribution < -0.4 is 18.9 Å². The van der Waals surface area contributed by atoms with E-state index in [0.717, 1.165) is 61.6 Å². The highest BCUT2D eigenvalue weighted by atomic mass is 16.5. The zero-order valence-electron chi connectivity index (χ0n) is 32.6. The molecule has 0 N–H and O–H groups in total. The molecule has 7 heteroatoms. The Kier molecular flexibility index (Phi) is 19.4. The van der Waals surface area contributed by atoms with Gasteiger partial charge in [0.1, 0.15) is 34.7 Å². The van der Waals surface area contributed by atoms with Crippen LogP contribution in [0, 0.1) is 0 Å². The molecule has 0 aliphatic carbocycles. The van der Waals surface area contributed by atoms with E-state index in [0.29, 0.717) is 36.7 Å². The second kappa shape index (κ2) is 23.4. The molecular weight excluding hydrogens is 624 g/mol. The molecule has 1 unspecified atom stereocenters. The Balaban J connectivity index is 1.72. The number of carbonyl (C=O) groups excluding carboxylic acids is 1. The van der Waals surface area contributed by atoms with E-state index in [1.54, 1.807) is 7.11 Å². The number of hydrogen-bond donors (Lipinski definition) is 0. The lowest BCUT2D eigenvalue weighted by Crippen LogP contribution is -2.28. The lowest BCUT2D eigenvalue weighted by molar-refractivity contribution is 0.0841. The van der Waals surface area contributed by atoms with Crippen LogP contribution in [0.3, 0.4) is 0 Å². The summed E-state index contributed by atoms with van der Waals surface area (Å²) in [5.74, 6) is 2.69. The highest BCUT2D eigenvalue weighted by Gasteiger charge is 2.34. The summed E-state index contributed by atoms with van der Waals surface area (Å²) in [5.41, 5.74) is 3.58. The molecule has 1 aliphatic rings. The molecule has 1 aliphatic heterocycles. The number of Topliss-reactive ketones (excluding diaryl/α,β-unsaturated/α-hetero) is 1. The largest absolute Gasteiger partial charge is 0.496 e. The maximum Gasteiger partial charge on any atom is 0.174 e. The van der Waals surface area contributed by atoms with Crippen LogP contribution in [0.4, 0.5) is 0 Å². The first-order valence-electron chi connectivity index (χ1n) is 19.7. The first-order valence-corrected chi connectivity index (χ1v) is 19.7. The van der Waals surface area contributed by atoms with Crippen LogP contribution in [-0.4, -0.2) is 75.2 Å². The molecular formula is C43H68N2O5. The molecule has 0 fully saturated rings. The molecule has 0 bridgehead atoms. The summed E-state index contributed by atoms with van der Waals surface area (Å²) in [7, 11) is 1.61. The van der Waals surface area contributed by atoms with Gasteiger partial charge in [-0.3, -0.25) is 4.79 Å². The third-order valence-electron chi connectivity index (χ3n) is 9.48. The Bertz CT molecular complexity index is 1270. The van der Waals surface area contributed by atoms with E-state index in [4.69, 9.17) is 18.9 Å². The Morgan fingerprint density at radius 3 is 1.78 bits per heavy atom. The molecule has 0 amide bonds. The van der Waals surface area contributed by atoms with Crippen LogP contribution in [-0.2, 0) is 6.42 Å². The van der Waals surface area contributed by atoms with Gasteiger partial charge in [-0.05, 0) is 103 Å². The number of carbonyl (C=O) groups is 1. The number of ketones is 1. The third kappa shape index (κ3) is 13.6. The topological polar surface area (TPSA) is 60.5 Å². The number of methoxy groups -OCH3 is 1. The Morgan fingerprint density at radius 2 is 1.28 bits per heavy atom. The zero-order valence-corrected chi connectivity index (χ0v) is 32.6. The minimum absolute atomic E-state index is 0.0246. The van der Waals surface area contributed by atoms with Crippen molar-refractivity contribution in [2.45, 2.75) is 125 Å². The van der Waals surface area contributed by atoms with Crippen LogP contribution in [0.5, 0.6) is 23.0 Å². The van der Waals surface area contributed by atoms with Crippen molar-refractivity contribution in [2.24, 2.45) is 0 Å². The molecule has 2 aromatic carbocycles. The van der Waals surface area contributed by atoms with Gasteiger partial charge in [0.25, 0.3) is 0 Å². The zero-order chi connectivity index (χ0) is 36.1. The van der Waals surface area contributed by atoms with Gasteiger partial charge in [0.15, 0.2) is 5.78 Å². The summed E-state index contributed by atoms with van der Waals surface area (Å²) < 4.78 is 25.1. The fraction of sp³-hybridized carbons (Fsp3) is 0.651. The summed E-state index contributed by atoms with van der Waals surface area (Å²) in [4.78, 5) is 18.9. The standard InChI is InChI=1S/C43H68N2O5/c1-8-12-24-44(25-13-9-2)28-16-30-48-36-21-19-35(20-22-36)39-32-38(46)42-41(47-7)33-40(37(43(42)50-39)23-18-34(5)6)49-31-17-29-45(26-14-10-3)27-15-11-4/h18-22,33,39H,8-17,23-32H2,1-7H3. The summed E-state index contributed by atoms with van der Waals surface area (Å²) in [6.45, 7) is 21.1. The number of fused-ring (bicyclic) bond motifs is 1. The second-order valence-electron chi connectivity index (χ2n) is 14.0. The van der Waals surface area contributed by atoms with Crippen molar-refractivity contribution in [3.63, 3.8) is 0 Å². The predicted molar refractivity (Wildman–Crippen MR) is 208 cm³/mol. The summed E-state index contributed by atoms with van der Waals surface area (Å²) in [5, 5.41) is 0. The molecule has 7 nitrogen and oxygen atoms in total. The number of hydrogen-bond acceptors (Lipinski definition) is 7. The monoisotopic (exact) mass is 693 g/mol. The number of rotatable bonds is 26. The Morgan fingerprint density at radius 1 is 0.760 bits per heavy atom. The van der Waals surface area contributed by atoms with Crippen LogP contribution in [0.25, 0.3) is 0 Å². The molecule has 50 heavy (non-hydrogen) atoms. The summed E-state index contributed by atoms with van der Waals surface area (Å²) >= 11 is 0. The van der Waals surface area contributed by atoms with Crippen LogP contribution in [0.2, 0.25) is 0 Å². The molecule has 1 heterocycles. The van der Waals surface area contributed by atoms with E-state index in [1.807, 2.05) is 30.3 Å². The van der Waals surface area contributed by atoms with Gasteiger partial charge in [-0.1, -0.05) is 77.2 Å². The highest BCUT2D eigenvalue weighted by molar-refractivity contribution is 6.03. The maximum absolute atomic E-state index is 13.7. The minimum Gasteiger partial charge on any atom is -0.496 e. The Labute approximate surface area is 304 Å². The van der Waals surface area contributed by atoms with Crippen molar-refractivity contribution in [3.05, 3.63) is 58.7 Å². The average Bonchev–Trinajstić information content (AvgIpc) is 3.12. The van der Waals surface area contributed by atoms with Crippen LogP contribution >= 0.6 is 0 Å². The first-order chi connectivity index (χ1) is 24.3. The molecule has 1 atom stereocenters. The minimum atomic E-state index is -0.397. The maximum atomic E-state index is 13.7. The van der Waals surface area contributed by atoms with Gasteiger partial charge in [-0.2, -0.15) is 0 Å². The second-order valence-corrected chi connectivity index (χ2v) is 14.0. The average molecular weight is 693 g/mol. The molecule has 2 aromatic rings. The molecule has 0 saturated carbocycles. The van der Waals surface area contributed by atoms with Gasteiger partial charge in [0.05, 0.1) is 26.7 Å². The van der Waals surface area contributed by atoms with Gasteiger partial charge in [0, 0.05) is 24.7 Å². The number of unbranched alkanes of at least 4 members (excludes halogenated alkanes) is 4. The van der Waals surface area contributed by atoms with Crippen LogP contribution in [0.15, 0.2) is 42.0 Å². The van der Waals surface area contributed by atoms with E-state index in [2.05, 4.69) is 57.4 Å². The number of allylic oxidation sites excluding steroid dienone is 2. The van der Waals surface area contributed by atoms with E-state index >= 15 is 0 Å². The first kappa shape index (κ1) is 41.4. The smallest absolute Gasteiger partial charge is 0.174 e. The van der Waals surface area contributed by atoms with Gasteiger partial charge < -0.3 is 28.7 Å². The normalized spacial score (nSPS) is 14.1. The van der Waals surface area contributed by atoms with Gasteiger partial charge >= 0.3 is 0 Å². The predicted octanol–water partition coefficient (Wildman–Crippen LogP) is 10.3. The van der Waals surface area contributed by atoms with Crippen molar-refractivity contribution in [1.29, 1.82) is 0 Å². The van der Waals surface area contributed by atoms with Gasteiger partial charge in [-0.15, -0.1) is 0 Å². The molecule has 280 valence electrons. The molecule has 3 rings (SSSR count). The highest BCUT2D eigenvalue weighted by Crippen LogP contribution is 2.46. The quantitative estimate of drug-likeness (QED) is 0.0718. The van der Waals surface area contributed by atoms with Gasteiger partial charge in [0.2, 0.25) is 0 Å². The van der Waals surface area contributed by atoms with E-state index < -0.39 is 6.10 Å². The van der Waals surface area contributed by atoms with Crippen molar-refractivity contribution in [2.75, 3.05) is 59.6 Å². The molecule has 0 saturated heterocycles. The molecule has 0 aromatic heterocycles. The van der Waals surface area contributed by atoms with E-state index in [1.165, 1.54) is 70.0 Å². The van der Waals surface area contributed by atoms with E-state index in [-0.39, 0.29) is 12.2 Å². The Hall–Kier alpha value is -3.03. The third-order valence-corrected chi connectivity index (χ3v) is 9.48. The van der Waals surface area contributed by atoms with E-state index in [9.17, 15) is 4.79 Å². The van der Waals surface area contributed by atoms with Crippen LogP contribution in [0.1, 0.15) is 140 Å². The fourth-order valence-electron chi connectivity index (χ4n) is 6.40. The van der Waals surface area contributed by atoms with Crippen molar-refractivity contribution >= 4 is 5.78 Å². The van der Waals surface area contributed by atoms with Gasteiger partial charge in [-0.25, -0.2) is 0 Å².